The van der Waals surface area contributed by atoms with Gasteiger partial charge in [0.05, 0.1) is 19.5 Å². The van der Waals surface area contributed by atoms with E-state index >= 15 is 0 Å². The minimum atomic E-state index is -0.158. The molecule has 1 aromatic rings. The summed E-state index contributed by atoms with van der Waals surface area (Å²) in [5.74, 6) is 1.91. The summed E-state index contributed by atoms with van der Waals surface area (Å²) in [6, 6.07) is 1.80. The smallest absolute Gasteiger partial charge is 0.287 e. The number of halogens is 1. The highest BCUT2D eigenvalue weighted by Crippen LogP contribution is 2.18. The zero-order valence-electron chi connectivity index (χ0n) is 18.2. The maximum absolute atomic E-state index is 12.1. The van der Waals surface area contributed by atoms with Gasteiger partial charge in [-0.3, -0.25) is 14.7 Å². The maximum Gasteiger partial charge on any atom is 0.287 e. The fourth-order valence-corrected chi connectivity index (χ4v) is 3.90. The molecular formula is C21H36IN5O3. The number of carbonyl (C=O) groups is 1. The summed E-state index contributed by atoms with van der Waals surface area (Å²) in [5, 5.41) is 6.32. The monoisotopic (exact) mass is 533 g/mol. The van der Waals surface area contributed by atoms with E-state index in [9.17, 15) is 4.79 Å². The molecule has 1 aromatic heterocycles. The van der Waals surface area contributed by atoms with Crippen LogP contribution in [0.4, 0.5) is 0 Å². The van der Waals surface area contributed by atoms with Crippen LogP contribution in [0.2, 0.25) is 0 Å². The number of likely N-dealkylation sites (tertiary alicyclic amines) is 1. The zero-order chi connectivity index (χ0) is 20.5. The minimum Gasteiger partial charge on any atom is -0.459 e. The first-order chi connectivity index (χ1) is 14.2. The number of nitrogens with zero attached hydrogens (tertiary/aromatic N) is 3. The Morgan fingerprint density at radius 3 is 2.77 bits per heavy atom. The Hall–Kier alpha value is -1.33. The van der Waals surface area contributed by atoms with Crippen molar-refractivity contribution in [3.8, 4) is 0 Å². The highest BCUT2D eigenvalue weighted by atomic mass is 127. The molecule has 8 nitrogen and oxygen atoms in total. The number of nitrogens with one attached hydrogen (secondary N) is 2. The third-order valence-electron chi connectivity index (χ3n) is 5.49. The molecule has 1 unspecified atom stereocenters. The maximum atomic E-state index is 12.1. The van der Waals surface area contributed by atoms with E-state index in [-0.39, 0.29) is 29.9 Å². The molecule has 1 atom stereocenters. The first kappa shape index (κ1) is 24.9. The summed E-state index contributed by atoms with van der Waals surface area (Å²) < 4.78 is 10.7. The van der Waals surface area contributed by atoms with Gasteiger partial charge in [-0.15, -0.1) is 24.0 Å². The van der Waals surface area contributed by atoms with Crippen LogP contribution < -0.4 is 10.6 Å². The van der Waals surface area contributed by atoms with Gasteiger partial charge in [0.2, 0.25) is 0 Å². The van der Waals surface area contributed by atoms with Gasteiger partial charge >= 0.3 is 0 Å². The highest BCUT2D eigenvalue weighted by molar-refractivity contribution is 14.0. The van der Waals surface area contributed by atoms with Gasteiger partial charge in [0.1, 0.15) is 0 Å². The van der Waals surface area contributed by atoms with Crippen LogP contribution in [-0.4, -0.2) is 87.2 Å². The van der Waals surface area contributed by atoms with Crippen LogP contribution in [0.25, 0.3) is 0 Å². The van der Waals surface area contributed by atoms with Gasteiger partial charge in [-0.1, -0.05) is 0 Å². The van der Waals surface area contributed by atoms with Crippen molar-refractivity contribution in [3.05, 3.63) is 23.7 Å². The molecule has 3 rings (SSSR count). The molecule has 30 heavy (non-hydrogen) atoms. The van der Waals surface area contributed by atoms with Crippen molar-refractivity contribution in [2.75, 3.05) is 65.6 Å². The Morgan fingerprint density at radius 1 is 1.27 bits per heavy atom. The predicted octanol–water partition coefficient (Wildman–Crippen LogP) is 1.95. The molecule has 170 valence electrons. The zero-order valence-corrected chi connectivity index (χ0v) is 20.5. The van der Waals surface area contributed by atoms with Crippen LogP contribution in [0, 0.1) is 12.8 Å². The molecule has 2 aliphatic rings. The van der Waals surface area contributed by atoms with Crippen molar-refractivity contribution in [3.63, 3.8) is 0 Å². The van der Waals surface area contributed by atoms with E-state index in [0.29, 0.717) is 24.8 Å². The average molecular weight is 533 g/mol. The Labute approximate surface area is 196 Å². The van der Waals surface area contributed by atoms with Gasteiger partial charge < -0.3 is 24.7 Å². The fraction of sp³-hybridized carbons (Fsp3) is 0.714. The lowest BCUT2D eigenvalue weighted by Gasteiger charge is -2.29. The number of guanidine groups is 1. The van der Waals surface area contributed by atoms with E-state index in [1.54, 1.807) is 12.3 Å². The molecule has 0 aliphatic carbocycles. The number of furan rings is 1. The normalized spacial score (nSPS) is 20.1. The number of ether oxygens (including phenoxy) is 1. The van der Waals surface area contributed by atoms with Crippen molar-refractivity contribution in [1.29, 1.82) is 0 Å². The second kappa shape index (κ2) is 13.2. The van der Waals surface area contributed by atoms with E-state index in [0.717, 1.165) is 70.4 Å². The third kappa shape index (κ3) is 7.42. The summed E-state index contributed by atoms with van der Waals surface area (Å²) in [5.41, 5.74) is 0.857. The van der Waals surface area contributed by atoms with Crippen molar-refractivity contribution < 1.29 is 13.9 Å². The quantitative estimate of drug-likeness (QED) is 0.230. The first-order valence-corrected chi connectivity index (χ1v) is 10.8. The molecule has 0 aromatic carbocycles. The van der Waals surface area contributed by atoms with Gasteiger partial charge in [-0.25, -0.2) is 0 Å². The van der Waals surface area contributed by atoms with Crippen molar-refractivity contribution in [2.45, 2.75) is 26.7 Å². The Balaban J connectivity index is 0.00000320. The largest absolute Gasteiger partial charge is 0.459 e. The molecule has 0 spiro atoms. The van der Waals surface area contributed by atoms with Crippen molar-refractivity contribution in [2.24, 2.45) is 10.9 Å². The summed E-state index contributed by atoms with van der Waals surface area (Å²) in [6.45, 7) is 13.2. The third-order valence-corrected chi connectivity index (χ3v) is 5.49. The van der Waals surface area contributed by atoms with Crippen LogP contribution in [0.1, 0.15) is 35.9 Å². The number of rotatable bonds is 8. The summed E-state index contributed by atoms with van der Waals surface area (Å²) in [4.78, 5) is 21.7. The van der Waals surface area contributed by atoms with Gasteiger partial charge in [0.15, 0.2) is 11.7 Å². The summed E-state index contributed by atoms with van der Waals surface area (Å²) in [7, 11) is 0. The number of aliphatic imine (C=N–C) groups is 1. The first-order valence-electron chi connectivity index (χ1n) is 10.8. The molecule has 0 radical (unpaired) electrons. The van der Waals surface area contributed by atoms with E-state index in [1.807, 2.05) is 6.92 Å². The lowest BCUT2D eigenvalue weighted by Crippen LogP contribution is -2.42. The van der Waals surface area contributed by atoms with Crippen molar-refractivity contribution in [1.82, 2.24) is 20.4 Å². The molecule has 0 saturated carbocycles. The van der Waals surface area contributed by atoms with Gasteiger partial charge in [-0.05, 0) is 38.7 Å². The highest BCUT2D eigenvalue weighted by Gasteiger charge is 2.27. The van der Waals surface area contributed by atoms with E-state index in [4.69, 9.17) is 14.1 Å². The standard InChI is InChI=1S/C21H35N5O3.HI/c1-3-22-21(24-8-4-7-23-20(27)19-17(2)6-12-29-19)26-9-5-18(16-26)15-25-10-13-28-14-11-25;/h6,12,18H,3-5,7-11,13-16H2,1-2H3,(H,22,24)(H,23,27);1H. The predicted molar refractivity (Wildman–Crippen MR) is 129 cm³/mol. The van der Waals surface area contributed by atoms with E-state index in [1.165, 1.54) is 6.42 Å². The van der Waals surface area contributed by atoms with Crippen LogP contribution in [0.15, 0.2) is 21.7 Å². The van der Waals surface area contributed by atoms with Crippen LogP contribution in [0.5, 0.6) is 0 Å². The Bertz CT molecular complexity index is 675. The van der Waals surface area contributed by atoms with Crippen LogP contribution in [0.3, 0.4) is 0 Å². The number of hydrogen-bond donors (Lipinski definition) is 2. The molecule has 3 heterocycles. The molecule has 1 amide bonds. The molecule has 2 aliphatic heterocycles. The topological polar surface area (TPSA) is 82.3 Å². The second-order valence-electron chi connectivity index (χ2n) is 7.79. The van der Waals surface area contributed by atoms with Crippen molar-refractivity contribution >= 4 is 35.8 Å². The molecule has 0 bridgehead atoms. The number of carbonyl (C=O) groups excluding carboxylic acids is 1. The SMILES string of the molecule is CCNC(=NCCCNC(=O)c1occc1C)N1CCC(CN2CCOCC2)C1.I. The number of morpholine rings is 1. The number of aryl methyl sites for hydroxylation is 1. The Kier molecular flexibility index (Phi) is 10.9. The fourth-order valence-electron chi connectivity index (χ4n) is 3.90. The van der Waals surface area contributed by atoms with Gasteiger partial charge in [-0.2, -0.15) is 0 Å². The molecule has 2 saturated heterocycles. The molecule has 9 heteroatoms. The van der Waals surface area contributed by atoms with Gasteiger partial charge in [0.25, 0.3) is 5.91 Å². The molecular weight excluding hydrogens is 497 g/mol. The van der Waals surface area contributed by atoms with Gasteiger partial charge in [0, 0.05) is 57.9 Å². The van der Waals surface area contributed by atoms with Crippen LogP contribution >= 0.6 is 24.0 Å². The lowest BCUT2D eigenvalue weighted by molar-refractivity contribution is 0.0315. The summed E-state index contributed by atoms with van der Waals surface area (Å²) >= 11 is 0. The second-order valence-corrected chi connectivity index (χ2v) is 7.79. The van der Waals surface area contributed by atoms with Crippen LogP contribution in [-0.2, 0) is 4.74 Å². The number of amides is 1. The number of hydrogen-bond acceptors (Lipinski definition) is 5. The molecule has 2 N–H and O–H groups in total. The minimum absolute atomic E-state index is 0. The van der Waals surface area contributed by atoms with E-state index in [2.05, 4.69) is 27.4 Å². The summed E-state index contributed by atoms with van der Waals surface area (Å²) in [6.07, 6.45) is 3.55. The molecule has 2 fully saturated rings. The Morgan fingerprint density at radius 2 is 2.07 bits per heavy atom. The average Bonchev–Trinajstić information content (AvgIpc) is 3.36. The van der Waals surface area contributed by atoms with E-state index < -0.39 is 0 Å². The lowest BCUT2D eigenvalue weighted by atomic mass is 10.1.